The van der Waals surface area contributed by atoms with Gasteiger partial charge in [0.25, 0.3) is 0 Å². The number of rotatable bonds is 7. The Labute approximate surface area is 208 Å². The van der Waals surface area contributed by atoms with Crippen molar-refractivity contribution in [3.8, 4) is 16.4 Å². The van der Waals surface area contributed by atoms with Crippen LogP contribution in [0.3, 0.4) is 0 Å². The number of nitrogens with two attached hydrogens (primary N) is 1. The largest absolute Gasteiger partial charge is 0.461 e. The fourth-order valence-corrected chi connectivity index (χ4v) is 4.80. The number of esters is 1. The molecule has 188 valence electrons. The highest BCUT2D eigenvalue weighted by atomic mass is 32.2. The molecule has 0 aliphatic carbocycles. The number of sulfonamides is 1. The number of thiazole rings is 1. The van der Waals surface area contributed by atoms with Gasteiger partial charge in [0, 0.05) is 22.9 Å². The number of nitrogens with zero attached hydrogens (tertiary/aromatic N) is 3. The molecular weight excluding hydrogens is 517 g/mol. The molecule has 36 heavy (non-hydrogen) atoms. The Morgan fingerprint density at radius 3 is 2.36 bits per heavy atom. The van der Waals surface area contributed by atoms with Gasteiger partial charge in [0.15, 0.2) is 11.4 Å². The summed E-state index contributed by atoms with van der Waals surface area (Å²) in [7, 11) is -3.96. The van der Waals surface area contributed by atoms with E-state index in [9.17, 15) is 26.4 Å². The summed E-state index contributed by atoms with van der Waals surface area (Å²) in [4.78, 5) is 15.9. The first-order chi connectivity index (χ1) is 17.0. The van der Waals surface area contributed by atoms with Crippen molar-refractivity contribution in [2.75, 3.05) is 6.61 Å². The monoisotopic (exact) mass is 536 g/mol. The minimum Gasteiger partial charge on any atom is -0.461 e. The van der Waals surface area contributed by atoms with E-state index >= 15 is 0 Å². The Balaban J connectivity index is 1.89. The van der Waals surface area contributed by atoms with Crippen molar-refractivity contribution >= 4 is 27.3 Å². The van der Waals surface area contributed by atoms with Gasteiger partial charge in [0.1, 0.15) is 0 Å². The summed E-state index contributed by atoms with van der Waals surface area (Å²) >= 11 is 0.823. The predicted molar refractivity (Wildman–Crippen MR) is 126 cm³/mol. The average molecular weight is 537 g/mol. The van der Waals surface area contributed by atoms with Gasteiger partial charge in [-0.15, -0.1) is 11.3 Å². The number of carbonyl (C=O) groups excluding carboxylic acids is 1. The zero-order chi connectivity index (χ0) is 26.1. The molecule has 8 nitrogen and oxygen atoms in total. The third-order valence-electron chi connectivity index (χ3n) is 5.09. The maximum Gasteiger partial charge on any atom is 0.433 e. The molecule has 0 fully saturated rings. The zero-order valence-corrected chi connectivity index (χ0v) is 20.3. The molecule has 0 atom stereocenters. The molecule has 0 aliphatic heterocycles. The summed E-state index contributed by atoms with van der Waals surface area (Å²) in [6, 6.07) is 13.6. The lowest BCUT2D eigenvalue weighted by molar-refractivity contribution is -0.143. The molecule has 0 unspecified atom stereocenters. The number of hydrogen-bond acceptors (Lipinski definition) is 7. The first kappa shape index (κ1) is 25.5. The standard InChI is InChI=1S/C23H19F3N4O4S2/c1-2-34-21(31)18-13-35-22(28-18)30-20(23(24,25)26)17(19(29-30)15-6-4-3-5-7-15)12-14-8-10-16(11-9-14)36(27,32)33/h3-11,13H,2,12H2,1H3,(H2,27,32,33). The Morgan fingerprint density at radius 2 is 1.78 bits per heavy atom. The third kappa shape index (κ3) is 5.32. The maximum atomic E-state index is 14.5. The predicted octanol–water partition coefficient (Wildman–Crippen LogP) is 4.43. The van der Waals surface area contributed by atoms with Crippen LogP contribution in [0.5, 0.6) is 0 Å². The van der Waals surface area contributed by atoms with Gasteiger partial charge in [0.05, 0.1) is 17.2 Å². The van der Waals surface area contributed by atoms with Gasteiger partial charge in [-0.3, -0.25) is 0 Å². The van der Waals surface area contributed by atoms with Gasteiger partial charge >= 0.3 is 12.1 Å². The smallest absolute Gasteiger partial charge is 0.433 e. The third-order valence-corrected chi connectivity index (χ3v) is 6.84. The van der Waals surface area contributed by atoms with Gasteiger partial charge in [-0.2, -0.15) is 18.3 Å². The minimum atomic E-state index is -4.83. The number of halogens is 3. The van der Waals surface area contributed by atoms with Crippen LogP contribution in [0, 0.1) is 0 Å². The van der Waals surface area contributed by atoms with E-state index in [1.165, 1.54) is 29.6 Å². The van der Waals surface area contributed by atoms with E-state index in [2.05, 4.69) is 10.1 Å². The highest BCUT2D eigenvalue weighted by Crippen LogP contribution is 2.40. The molecule has 13 heteroatoms. The minimum absolute atomic E-state index is 0.0753. The van der Waals surface area contributed by atoms with E-state index in [0.29, 0.717) is 15.8 Å². The van der Waals surface area contributed by atoms with Crippen LogP contribution in [-0.4, -0.2) is 35.8 Å². The van der Waals surface area contributed by atoms with Crippen LogP contribution in [0.2, 0.25) is 0 Å². The summed E-state index contributed by atoms with van der Waals surface area (Å²) in [5, 5.41) is 10.5. The molecule has 2 aromatic carbocycles. The summed E-state index contributed by atoms with van der Waals surface area (Å²) in [6.45, 7) is 1.70. The molecule has 0 amide bonds. The van der Waals surface area contributed by atoms with Crippen LogP contribution in [0.25, 0.3) is 16.4 Å². The maximum absolute atomic E-state index is 14.5. The highest BCUT2D eigenvalue weighted by molar-refractivity contribution is 7.89. The quantitative estimate of drug-likeness (QED) is 0.349. The molecule has 2 N–H and O–H groups in total. The van der Waals surface area contributed by atoms with Gasteiger partial charge < -0.3 is 4.74 Å². The fourth-order valence-electron chi connectivity index (χ4n) is 3.54. The second-order valence-corrected chi connectivity index (χ2v) is 9.95. The molecule has 4 aromatic rings. The lowest BCUT2D eigenvalue weighted by atomic mass is 9.99. The second kappa shape index (κ2) is 9.84. The van der Waals surface area contributed by atoms with E-state index in [1.54, 1.807) is 37.3 Å². The van der Waals surface area contributed by atoms with Crippen molar-refractivity contribution < 1.29 is 31.1 Å². The van der Waals surface area contributed by atoms with Crippen LogP contribution in [0.1, 0.15) is 34.2 Å². The number of ether oxygens (including phenoxy) is 1. The van der Waals surface area contributed by atoms with Crippen molar-refractivity contribution in [2.24, 2.45) is 5.14 Å². The van der Waals surface area contributed by atoms with E-state index in [-0.39, 0.29) is 40.0 Å². The van der Waals surface area contributed by atoms with Crippen LogP contribution in [0.15, 0.2) is 64.9 Å². The van der Waals surface area contributed by atoms with Crippen molar-refractivity contribution in [1.82, 2.24) is 14.8 Å². The number of hydrogen-bond donors (Lipinski definition) is 1. The van der Waals surface area contributed by atoms with Gasteiger partial charge in [-0.1, -0.05) is 42.5 Å². The van der Waals surface area contributed by atoms with Gasteiger partial charge in [0.2, 0.25) is 15.2 Å². The molecule has 4 rings (SSSR count). The molecule has 0 saturated heterocycles. The first-order valence-corrected chi connectivity index (χ1v) is 12.9. The van der Waals surface area contributed by atoms with Crippen molar-refractivity contribution in [2.45, 2.75) is 24.4 Å². The van der Waals surface area contributed by atoms with Gasteiger partial charge in [-0.25, -0.2) is 28.0 Å². The molecule has 0 saturated carbocycles. The number of aromatic nitrogens is 3. The summed E-state index contributed by atoms with van der Waals surface area (Å²) in [5.41, 5.74) is -0.379. The number of primary sulfonamides is 1. The molecular formula is C23H19F3N4O4S2. The molecule has 0 aliphatic rings. The molecule has 2 heterocycles. The van der Waals surface area contributed by atoms with Crippen LogP contribution < -0.4 is 5.14 Å². The molecule has 0 bridgehead atoms. The first-order valence-electron chi connectivity index (χ1n) is 10.5. The Morgan fingerprint density at radius 1 is 1.11 bits per heavy atom. The second-order valence-electron chi connectivity index (χ2n) is 7.55. The Kier molecular flexibility index (Phi) is 6.98. The fraction of sp³-hybridized carbons (Fsp3) is 0.174. The topological polar surface area (TPSA) is 117 Å². The van der Waals surface area contributed by atoms with E-state index in [1.807, 2.05) is 0 Å². The summed E-state index contributed by atoms with van der Waals surface area (Å²) < 4.78 is 72.1. The zero-order valence-electron chi connectivity index (χ0n) is 18.7. The highest BCUT2D eigenvalue weighted by Gasteiger charge is 2.41. The average Bonchev–Trinajstić information content (AvgIpc) is 3.45. The number of alkyl halides is 3. The van der Waals surface area contributed by atoms with Crippen LogP contribution in [-0.2, 0) is 27.4 Å². The Bertz CT molecular complexity index is 1500. The van der Waals surface area contributed by atoms with Crippen molar-refractivity contribution in [3.63, 3.8) is 0 Å². The Hall–Kier alpha value is -3.55. The van der Waals surface area contributed by atoms with E-state index in [0.717, 1.165) is 11.3 Å². The molecule has 2 aromatic heterocycles. The summed E-state index contributed by atoms with van der Waals surface area (Å²) in [5.74, 6) is -0.751. The van der Waals surface area contributed by atoms with Gasteiger partial charge in [-0.05, 0) is 24.6 Å². The lowest BCUT2D eigenvalue weighted by Crippen LogP contribution is -2.16. The number of benzene rings is 2. The molecule has 0 radical (unpaired) electrons. The number of carbonyl (C=O) groups is 1. The van der Waals surface area contributed by atoms with Crippen LogP contribution in [0.4, 0.5) is 13.2 Å². The van der Waals surface area contributed by atoms with Crippen LogP contribution >= 0.6 is 11.3 Å². The van der Waals surface area contributed by atoms with Crippen molar-refractivity contribution in [3.05, 3.63) is 82.5 Å². The SMILES string of the molecule is CCOC(=O)c1csc(-n2nc(-c3ccccc3)c(Cc3ccc(S(N)(=O)=O)cc3)c2C(F)(F)F)n1. The van der Waals surface area contributed by atoms with E-state index < -0.39 is 27.9 Å². The molecule has 0 spiro atoms. The normalized spacial score (nSPS) is 12.0. The van der Waals surface area contributed by atoms with Crippen molar-refractivity contribution in [1.29, 1.82) is 0 Å². The lowest BCUT2D eigenvalue weighted by Gasteiger charge is -2.12. The van der Waals surface area contributed by atoms with E-state index in [4.69, 9.17) is 9.88 Å². The summed E-state index contributed by atoms with van der Waals surface area (Å²) in [6.07, 6.45) is -5.04.